The molecule has 0 amide bonds. The Morgan fingerprint density at radius 2 is 1.89 bits per heavy atom. The molecule has 6 nitrogen and oxygen atoms in total. The molecular formula is C19H27N2O4PS2. The van der Waals surface area contributed by atoms with Crippen LogP contribution in [0.25, 0.3) is 0 Å². The zero-order valence-electron chi connectivity index (χ0n) is 16.8. The number of hydrogen-bond donors (Lipinski definition) is 1. The van der Waals surface area contributed by atoms with Gasteiger partial charge in [-0.05, 0) is 37.8 Å². The van der Waals surface area contributed by atoms with Gasteiger partial charge in [0.25, 0.3) is 5.69 Å². The topological polar surface area (TPSA) is 81.5 Å². The summed E-state index contributed by atoms with van der Waals surface area (Å²) >= 11 is 7.04. The molecule has 1 aromatic carbocycles. The molecule has 0 fully saturated rings. The van der Waals surface area contributed by atoms with Crippen molar-refractivity contribution >= 4 is 34.9 Å². The van der Waals surface area contributed by atoms with Crippen LogP contribution in [0.3, 0.4) is 0 Å². The lowest BCUT2D eigenvalue weighted by molar-refractivity contribution is 0.0697. The van der Waals surface area contributed by atoms with Crippen LogP contribution in [0.5, 0.6) is 5.88 Å². The molecule has 0 spiro atoms. The number of aryl methyl sites for hydroxylation is 1. The second kappa shape index (κ2) is 12.2. The van der Waals surface area contributed by atoms with Crippen molar-refractivity contribution in [2.45, 2.75) is 40.5 Å². The van der Waals surface area contributed by atoms with Gasteiger partial charge in [-0.3, -0.25) is 0 Å². The van der Waals surface area contributed by atoms with Gasteiger partial charge < -0.3 is 14.2 Å². The Balaban J connectivity index is 0.000000362. The average Bonchev–Trinajstić information content (AvgIpc) is 2.62. The summed E-state index contributed by atoms with van der Waals surface area (Å²) in [5.41, 5.74) is -1.14. The molecule has 0 radical (unpaired) electrons. The Bertz CT molecular complexity index is 794. The van der Waals surface area contributed by atoms with E-state index in [0.717, 1.165) is 17.3 Å². The molecule has 2 aromatic rings. The van der Waals surface area contributed by atoms with E-state index in [1.54, 1.807) is 30.3 Å². The highest BCUT2D eigenvalue weighted by molar-refractivity contribution is 8.68. The lowest BCUT2D eigenvalue weighted by Gasteiger charge is -2.20. The molecule has 0 saturated carbocycles. The number of carboxylic acid groups (broad SMARTS) is 1. The molecule has 0 aliphatic carbocycles. The van der Waals surface area contributed by atoms with Crippen molar-refractivity contribution in [1.82, 2.24) is 9.97 Å². The van der Waals surface area contributed by atoms with Crippen LogP contribution in [0.4, 0.5) is 0 Å². The largest absolute Gasteiger partial charge is 0.478 e. The van der Waals surface area contributed by atoms with Crippen LogP contribution in [-0.4, -0.2) is 33.4 Å². The summed E-state index contributed by atoms with van der Waals surface area (Å²) in [6.45, 7) is 10.5. The van der Waals surface area contributed by atoms with E-state index < -0.39 is 11.7 Å². The first-order chi connectivity index (χ1) is 13.2. The Morgan fingerprint density at radius 3 is 2.36 bits per heavy atom. The first kappa shape index (κ1) is 24.6. The molecule has 1 heterocycles. The number of aromatic nitrogens is 2. The molecule has 0 saturated heterocycles. The van der Waals surface area contributed by atoms with E-state index in [1.807, 2.05) is 26.8 Å². The van der Waals surface area contributed by atoms with Crippen LogP contribution < -0.4 is 4.52 Å². The maximum absolute atomic E-state index is 10.2. The number of benzene rings is 1. The van der Waals surface area contributed by atoms with Gasteiger partial charge in [0.2, 0.25) is 5.88 Å². The molecule has 0 bridgehead atoms. The molecular weight excluding hydrogens is 415 g/mol. The lowest BCUT2D eigenvalue weighted by atomic mass is 10.2. The summed E-state index contributed by atoms with van der Waals surface area (Å²) in [4.78, 5) is 19.0. The lowest BCUT2D eigenvalue weighted by Crippen LogP contribution is -2.03. The molecule has 0 aliphatic heterocycles. The van der Waals surface area contributed by atoms with Crippen LogP contribution in [0.1, 0.15) is 55.5 Å². The zero-order chi connectivity index (χ0) is 21.2. The van der Waals surface area contributed by atoms with Crippen molar-refractivity contribution in [3.8, 4) is 5.88 Å². The summed E-state index contributed by atoms with van der Waals surface area (Å²) in [5, 5.41) is 8.38. The van der Waals surface area contributed by atoms with E-state index in [-0.39, 0.29) is 5.92 Å². The highest BCUT2D eigenvalue weighted by Crippen LogP contribution is 2.60. The van der Waals surface area contributed by atoms with Gasteiger partial charge in [0, 0.05) is 23.4 Å². The van der Waals surface area contributed by atoms with E-state index in [4.69, 9.17) is 26.0 Å². The Morgan fingerprint density at radius 1 is 1.25 bits per heavy atom. The van der Waals surface area contributed by atoms with Crippen LogP contribution in [0.15, 0.2) is 36.4 Å². The molecule has 2 rings (SSSR count). The average molecular weight is 443 g/mol. The molecule has 1 atom stereocenters. The fourth-order valence-corrected chi connectivity index (χ4v) is 6.47. The number of carbonyl (C=O) groups is 1. The van der Waals surface area contributed by atoms with Gasteiger partial charge in [-0.1, -0.05) is 50.4 Å². The number of aromatic carboxylic acids is 1. The van der Waals surface area contributed by atoms with E-state index in [1.165, 1.54) is 11.4 Å². The van der Waals surface area contributed by atoms with Gasteiger partial charge in [0.1, 0.15) is 5.82 Å². The summed E-state index contributed by atoms with van der Waals surface area (Å²) in [6, 6.07) is 10.1. The zero-order valence-corrected chi connectivity index (χ0v) is 19.3. The number of nitrogens with zero attached hydrogens (tertiary/aromatic N) is 2. The molecule has 1 aromatic heterocycles. The SMILES string of the molecule is CCOP(=S)(Oc1cc(C)nc(C(C)C)n1)SCC.O=C(O)c1ccccc1. The summed E-state index contributed by atoms with van der Waals surface area (Å²) in [7, 11) is 0. The second-order valence-corrected chi connectivity index (χ2v) is 12.4. The van der Waals surface area contributed by atoms with Crippen LogP contribution in [-0.2, 0) is 16.3 Å². The highest BCUT2D eigenvalue weighted by Gasteiger charge is 2.21. The Kier molecular flexibility index (Phi) is 10.7. The third-order valence-corrected chi connectivity index (χ3v) is 8.48. The van der Waals surface area contributed by atoms with E-state index in [9.17, 15) is 4.79 Å². The molecule has 1 unspecified atom stereocenters. The molecule has 0 aliphatic rings. The minimum Gasteiger partial charge on any atom is -0.478 e. The van der Waals surface area contributed by atoms with Crippen molar-refractivity contribution < 1.29 is 18.9 Å². The molecule has 28 heavy (non-hydrogen) atoms. The standard InChI is InChI=1S/C12H21N2O2PS2.C7H6O2/c1-6-15-17(18,19-7-2)16-11-8-10(5)13-12(14-11)9(3)4;8-7(9)6-4-2-1-3-5-6/h8-9H,6-7H2,1-5H3;1-5H,(H,8,9). The van der Waals surface area contributed by atoms with E-state index >= 15 is 0 Å². The van der Waals surface area contributed by atoms with Crippen molar-refractivity contribution in [1.29, 1.82) is 0 Å². The van der Waals surface area contributed by atoms with Gasteiger partial charge in [-0.25, -0.2) is 9.78 Å². The highest BCUT2D eigenvalue weighted by atomic mass is 32.9. The number of rotatable bonds is 8. The van der Waals surface area contributed by atoms with Crippen molar-refractivity contribution in [3.05, 3.63) is 53.5 Å². The summed E-state index contributed by atoms with van der Waals surface area (Å²) < 4.78 is 11.5. The van der Waals surface area contributed by atoms with Gasteiger partial charge in [0.15, 0.2) is 0 Å². The molecule has 9 heteroatoms. The van der Waals surface area contributed by atoms with Crippen LogP contribution in [0, 0.1) is 6.92 Å². The predicted octanol–water partition coefficient (Wildman–Crippen LogP) is 5.69. The fraction of sp³-hybridized carbons (Fsp3) is 0.421. The van der Waals surface area contributed by atoms with Gasteiger partial charge in [0.05, 0.1) is 12.2 Å². The van der Waals surface area contributed by atoms with Crippen molar-refractivity contribution in [2.75, 3.05) is 12.4 Å². The van der Waals surface area contributed by atoms with Crippen LogP contribution >= 0.6 is 17.1 Å². The number of hydrogen-bond acceptors (Lipinski definition) is 7. The predicted molar refractivity (Wildman–Crippen MR) is 119 cm³/mol. The molecule has 1 N–H and O–H groups in total. The minimum atomic E-state index is -2.35. The third-order valence-electron chi connectivity index (χ3n) is 3.16. The van der Waals surface area contributed by atoms with Crippen molar-refractivity contribution in [2.24, 2.45) is 0 Å². The third kappa shape index (κ3) is 8.69. The number of carboxylic acids is 1. The van der Waals surface area contributed by atoms with E-state index in [2.05, 4.69) is 23.8 Å². The first-order valence-corrected chi connectivity index (χ1v) is 13.2. The van der Waals surface area contributed by atoms with E-state index in [0.29, 0.717) is 18.1 Å². The monoisotopic (exact) mass is 442 g/mol. The summed E-state index contributed by atoms with van der Waals surface area (Å²) in [6.07, 6.45) is 0. The summed E-state index contributed by atoms with van der Waals surface area (Å²) in [5.74, 6) is 1.53. The van der Waals surface area contributed by atoms with Gasteiger partial charge in [-0.15, -0.1) is 0 Å². The minimum absolute atomic E-state index is 0.256. The maximum Gasteiger partial charge on any atom is 0.335 e. The van der Waals surface area contributed by atoms with Gasteiger partial charge in [-0.2, -0.15) is 4.98 Å². The maximum atomic E-state index is 10.2. The van der Waals surface area contributed by atoms with Crippen molar-refractivity contribution in [3.63, 3.8) is 0 Å². The fourth-order valence-electron chi connectivity index (χ4n) is 1.97. The Labute approximate surface area is 176 Å². The second-order valence-electron chi connectivity index (χ2n) is 5.91. The smallest absolute Gasteiger partial charge is 0.335 e. The van der Waals surface area contributed by atoms with Gasteiger partial charge >= 0.3 is 5.97 Å². The molecule has 154 valence electrons. The normalized spacial score (nSPS) is 12.6. The Hall–Kier alpha value is -1.47. The quantitative estimate of drug-likeness (QED) is 0.523. The first-order valence-electron chi connectivity index (χ1n) is 8.93. The van der Waals surface area contributed by atoms with Crippen LogP contribution in [0.2, 0.25) is 0 Å².